The van der Waals surface area contributed by atoms with Crippen molar-refractivity contribution in [1.82, 2.24) is 0 Å². The van der Waals surface area contributed by atoms with Crippen LogP contribution in [0, 0.1) is 5.41 Å². The molecule has 0 amide bonds. The molecule has 0 bridgehead atoms. The predicted octanol–water partition coefficient (Wildman–Crippen LogP) is 6.55. The first-order valence-corrected chi connectivity index (χ1v) is 10.8. The molecule has 0 unspecified atom stereocenters. The van der Waals surface area contributed by atoms with Crippen LogP contribution in [-0.4, -0.2) is 17.4 Å². The Labute approximate surface area is 171 Å². The van der Waals surface area contributed by atoms with Gasteiger partial charge in [-0.05, 0) is 84.0 Å². The van der Waals surface area contributed by atoms with E-state index in [1.807, 2.05) is 0 Å². The molecule has 3 nitrogen and oxygen atoms in total. The fourth-order valence-corrected chi connectivity index (χ4v) is 4.42. The van der Waals surface area contributed by atoms with Gasteiger partial charge in [-0.2, -0.15) is 0 Å². The van der Waals surface area contributed by atoms with Gasteiger partial charge in [-0.3, -0.25) is 0 Å². The minimum Gasteiger partial charge on any atom is -0.429 e. The summed E-state index contributed by atoms with van der Waals surface area (Å²) in [6, 6.07) is 0. The molecule has 0 radical (unpaired) electrons. The number of aliphatic hydroxyl groups excluding tert-OH is 1. The molecule has 2 aliphatic rings. The third-order valence-electron chi connectivity index (χ3n) is 6.26. The van der Waals surface area contributed by atoms with Crippen molar-refractivity contribution in [2.45, 2.75) is 98.7 Å². The maximum absolute atomic E-state index is 11.1. The second kappa shape index (κ2) is 10.2. The summed E-state index contributed by atoms with van der Waals surface area (Å²) in [5.74, 6) is -0.439. The standard InChI is InChI=1S/C25H38O3/c1-18(11-7-13-21-17-23(26)28-24(21)27)9-6-10-19(2)14-15-22-20(3)12-8-16-25(22,4)5/h10-11,17,24,27H,6-9,12-16H2,1-5H3/b18-11-,19-10+/t24-/m0/s1. The normalized spacial score (nSPS) is 23.1. The maximum Gasteiger partial charge on any atom is 0.333 e. The van der Waals surface area contributed by atoms with E-state index in [0.717, 1.165) is 19.3 Å². The van der Waals surface area contributed by atoms with Crippen molar-refractivity contribution >= 4 is 5.97 Å². The van der Waals surface area contributed by atoms with E-state index in [1.165, 1.54) is 49.3 Å². The van der Waals surface area contributed by atoms with Crippen molar-refractivity contribution < 1.29 is 14.6 Å². The second-order valence-electron chi connectivity index (χ2n) is 9.18. The summed E-state index contributed by atoms with van der Waals surface area (Å²) >= 11 is 0. The van der Waals surface area contributed by atoms with Crippen LogP contribution in [0.25, 0.3) is 0 Å². The van der Waals surface area contributed by atoms with Crippen molar-refractivity contribution in [2.24, 2.45) is 5.41 Å². The molecule has 0 saturated carbocycles. The summed E-state index contributed by atoms with van der Waals surface area (Å²) in [4.78, 5) is 11.1. The summed E-state index contributed by atoms with van der Waals surface area (Å²) in [7, 11) is 0. The molecule has 156 valence electrons. The molecular weight excluding hydrogens is 348 g/mol. The third kappa shape index (κ3) is 6.77. The van der Waals surface area contributed by atoms with Gasteiger partial charge in [0.1, 0.15) is 0 Å². The lowest BCUT2D eigenvalue weighted by Crippen LogP contribution is -2.20. The summed E-state index contributed by atoms with van der Waals surface area (Å²) in [6.07, 6.45) is 14.9. The topological polar surface area (TPSA) is 46.5 Å². The number of esters is 1. The zero-order valence-corrected chi connectivity index (χ0v) is 18.4. The SMILES string of the molecule is CC1=C(CC/C(C)=C/CC/C(C)=C\CCC2=CC(=O)O[C@@H]2O)C(C)(C)CCC1. The molecule has 0 saturated heterocycles. The second-order valence-corrected chi connectivity index (χ2v) is 9.18. The van der Waals surface area contributed by atoms with Crippen LogP contribution in [0.1, 0.15) is 92.4 Å². The number of hydrogen-bond donors (Lipinski definition) is 1. The molecule has 1 aliphatic heterocycles. The minimum atomic E-state index is -1.04. The Kier molecular flexibility index (Phi) is 8.30. The zero-order valence-electron chi connectivity index (χ0n) is 18.4. The van der Waals surface area contributed by atoms with Crippen LogP contribution in [0.2, 0.25) is 0 Å². The number of hydrogen-bond acceptors (Lipinski definition) is 3. The first kappa shape index (κ1) is 22.7. The number of carbonyl (C=O) groups is 1. The fourth-order valence-electron chi connectivity index (χ4n) is 4.42. The van der Waals surface area contributed by atoms with Gasteiger partial charge in [0.15, 0.2) is 0 Å². The Bertz CT molecular complexity index is 689. The molecule has 0 aromatic heterocycles. The highest BCUT2D eigenvalue weighted by atomic mass is 16.6. The van der Waals surface area contributed by atoms with Crippen molar-refractivity contribution in [2.75, 3.05) is 0 Å². The van der Waals surface area contributed by atoms with Crippen molar-refractivity contribution in [1.29, 1.82) is 0 Å². The number of ether oxygens (including phenoxy) is 1. The molecule has 2 rings (SSSR count). The number of rotatable bonds is 9. The van der Waals surface area contributed by atoms with Crippen LogP contribution in [0.3, 0.4) is 0 Å². The molecule has 28 heavy (non-hydrogen) atoms. The Morgan fingerprint density at radius 1 is 1.18 bits per heavy atom. The van der Waals surface area contributed by atoms with Gasteiger partial charge in [-0.1, -0.05) is 48.3 Å². The van der Waals surface area contributed by atoms with E-state index in [1.54, 1.807) is 11.1 Å². The van der Waals surface area contributed by atoms with Gasteiger partial charge in [0, 0.05) is 11.6 Å². The van der Waals surface area contributed by atoms with Gasteiger partial charge < -0.3 is 9.84 Å². The van der Waals surface area contributed by atoms with Crippen LogP contribution < -0.4 is 0 Å². The molecule has 0 fully saturated rings. The Hall–Kier alpha value is -1.61. The largest absolute Gasteiger partial charge is 0.429 e. The third-order valence-corrected chi connectivity index (χ3v) is 6.26. The monoisotopic (exact) mass is 386 g/mol. The smallest absolute Gasteiger partial charge is 0.333 e. The van der Waals surface area contributed by atoms with E-state index in [4.69, 9.17) is 4.74 Å². The molecule has 1 atom stereocenters. The molecule has 0 aromatic rings. The van der Waals surface area contributed by atoms with Gasteiger partial charge in [0.05, 0.1) is 0 Å². The number of cyclic esters (lactones) is 1. The molecule has 1 N–H and O–H groups in total. The van der Waals surface area contributed by atoms with Crippen LogP contribution >= 0.6 is 0 Å². The van der Waals surface area contributed by atoms with Crippen LogP contribution in [0.15, 0.2) is 46.1 Å². The van der Waals surface area contributed by atoms with E-state index in [-0.39, 0.29) is 0 Å². The lowest BCUT2D eigenvalue weighted by molar-refractivity contribution is -0.151. The Morgan fingerprint density at radius 2 is 1.86 bits per heavy atom. The number of carbonyl (C=O) groups excluding carboxylic acids is 1. The molecule has 0 aromatic carbocycles. The van der Waals surface area contributed by atoms with Gasteiger partial charge in [0.2, 0.25) is 6.29 Å². The molecule has 1 aliphatic carbocycles. The van der Waals surface area contributed by atoms with Crippen molar-refractivity contribution in [3.63, 3.8) is 0 Å². The van der Waals surface area contributed by atoms with Crippen LogP contribution in [-0.2, 0) is 9.53 Å². The maximum atomic E-state index is 11.1. The summed E-state index contributed by atoms with van der Waals surface area (Å²) in [5, 5.41) is 9.58. The fraction of sp³-hybridized carbons (Fsp3) is 0.640. The van der Waals surface area contributed by atoms with Crippen LogP contribution in [0.5, 0.6) is 0 Å². The van der Waals surface area contributed by atoms with Gasteiger partial charge in [0.25, 0.3) is 0 Å². The van der Waals surface area contributed by atoms with E-state index < -0.39 is 12.3 Å². The average Bonchev–Trinajstić information content (AvgIpc) is 2.91. The van der Waals surface area contributed by atoms with E-state index in [0.29, 0.717) is 17.4 Å². The Morgan fingerprint density at radius 3 is 2.50 bits per heavy atom. The Balaban J connectivity index is 1.72. The quantitative estimate of drug-likeness (QED) is 0.361. The van der Waals surface area contributed by atoms with Gasteiger partial charge in [-0.15, -0.1) is 0 Å². The first-order valence-electron chi connectivity index (χ1n) is 10.8. The van der Waals surface area contributed by atoms with Crippen molar-refractivity contribution in [3.8, 4) is 0 Å². The highest BCUT2D eigenvalue weighted by Gasteiger charge is 2.27. The number of aliphatic hydroxyl groups is 1. The highest BCUT2D eigenvalue weighted by molar-refractivity contribution is 5.85. The minimum absolute atomic E-state index is 0.375. The highest BCUT2D eigenvalue weighted by Crippen LogP contribution is 2.42. The van der Waals surface area contributed by atoms with Gasteiger partial charge in [-0.25, -0.2) is 4.79 Å². The summed E-state index contributed by atoms with van der Waals surface area (Å²) < 4.78 is 4.70. The van der Waals surface area contributed by atoms with Gasteiger partial charge >= 0.3 is 5.97 Å². The molecule has 1 heterocycles. The molecule has 3 heteroatoms. The summed E-state index contributed by atoms with van der Waals surface area (Å²) in [6.45, 7) is 11.5. The lowest BCUT2D eigenvalue weighted by Gasteiger charge is -2.35. The number of allylic oxidation sites excluding steroid dienone is 6. The average molecular weight is 387 g/mol. The van der Waals surface area contributed by atoms with E-state index in [9.17, 15) is 9.90 Å². The zero-order chi connectivity index (χ0) is 20.7. The summed E-state index contributed by atoms with van der Waals surface area (Å²) in [5.41, 5.74) is 7.21. The van der Waals surface area contributed by atoms with E-state index in [2.05, 4.69) is 46.8 Å². The van der Waals surface area contributed by atoms with E-state index >= 15 is 0 Å². The molecule has 0 spiro atoms. The molecular formula is C25H38O3. The van der Waals surface area contributed by atoms with Crippen molar-refractivity contribution in [3.05, 3.63) is 46.1 Å². The predicted molar refractivity (Wildman–Crippen MR) is 116 cm³/mol. The lowest BCUT2D eigenvalue weighted by atomic mass is 9.71. The first-order chi connectivity index (χ1) is 13.2. The van der Waals surface area contributed by atoms with Crippen LogP contribution in [0.4, 0.5) is 0 Å².